The maximum Gasteiger partial charge on any atom is 0.243 e. The number of sulfonamides is 1. The third-order valence-electron chi connectivity index (χ3n) is 6.82. The molecule has 192 valence electrons. The van der Waals surface area contributed by atoms with Crippen molar-refractivity contribution in [3.63, 3.8) is 0 Å². The quantitative estimate of drug-likeness (QED) is 0.372. The van der Waals surface area contributed by atoms with Crippen LogP contribution in [0.3, 0.4) is 0 Å². The first kappa shape index (κ1) is 25.1. The van der Waals surface area contributed by atoms with Gasteiger partial charge in [-0.2, -0.15) is 4.31 Å². The molecule has 1 aliphatic rings. The molecule has 1 saturated heterocycles. The Morgan fingerprint density at radius 1 is 0.892 bits per heavy atom. The van der Waals surface area contributed by atoms with E-state index in [2.05, 4.69) is 29.3 Å². The van der Waals surface area contributed by atoms with Crippen molar-refractivity contribution in [3.8, 4) is 5.75 Å². The summed E-state index contributed by atoms with van der Waals surface area (Å²) in [7, 11) is -2.00. The minimum atomic E-state index is -3.56. The molecule has 1 aromatic heterocycles. The average Bonchev–Trinajstić information content (AvgIpc) is 2.96. The topological polar surface area (TPSA) is 87.7 Å². The van der Waals surface area contributed by atoms with Gasteiger partial charge in [0.1, 0.15) is 17.4 Å². The molecule has 1 unspecified atom stereocenters. The van der Waals surface area contributed by atoms with Crippen molar-refractivity contribution in [2.45, 2.75) is 24.4 Å². The number of rotatable bonds is 8. The minimum Gasteiger partial charge on any atom is -0.497 e. The van der Waals surface area contributed by atoms with E-state index in [1.807, 2.05) is 42.5 Å². The molecule has 0 bridgehead atoms. The number of piperazine rings is 1. The van der Waals surface area contributed by atoms with Gasteiger partial charge in [-0.25, -0.2) is 18.4 Å². The van der Waals surface area contributed by atoms with Gasteiger partial charge in [0.15, 0.2) is 0 Å². The zero-order valence-corrected chi connectivity index (χ0v) is 21.9. The molecule has 8 nitrogen and oxygen atoms in total. The molecule has 5 rings (SSSR count). The van der Waals surface area contributed by atoms with Crippen LogP contribution in [0.15, 0.2) is 83.8 Å². The second kappa shape index (κ2) is 10.8. The highest BCUT2D eigenvalue weighted by Crippen LogP contribution is 2.27. The fourth-order valence-corrected chi connectivity index (χ4v) is 6.01. The summed E-state index contributed by atoms with van der Waals surface area (Å²) in [5.74, 6) is 2.16. The van der Waals surface area contributed by atoms with Crippen LogP contribution < -0.4 is 10.1 Å². The Morgan fingerprint density at radius 3 is 2.27 bits per heavy atom. The van der Waals surface area contributed by atoms with Crippen LogP contribution in [-0.2, 0) is 16.6 Å². The van der Waals surface area contributed by atoms with Gasteiger partial charge in [0.2, 0.25) is 10.0 Å². The lowest BCUT2D eigenvalue weighted by Gasteiger charge is -2.36. The predicted octanol–water partition coefficient (Wildman–Crippen LogP) is 4.32. The van der Waals surface area contributed by atoms with E-state index >= 15 is 0 Å². The Kier molecular flexibility index (Phi) is 7.36. The van der Waals surface area contributed by atoms with Crippen LogP contribution in [0.5, 0.6) is 5.75 Å². The first-order chi connectivity index (χ1) is 18.0. The molecule has 37 heavy (non-hydrogen) atoms. The molecular formula is C28H31N5O3S. The number of anilines is 1. The van der Waals surface area contributed by atoms with Crippen LogP contribution in [0.1, 0.15) is 24.4 Å². The number of fused-ring (bicyclic) bond motifs is 1. The van der Waals surface area contributed by atoms with Gasteiger partial charge in [0, 0.05) is 38.1 Å². The molecule has 1 aliphatic heterocycles. The van der Waals surface area contributed by atoms with E-state index in [4.69, 9.17) is 14.7 Å². The lowest BCUT2D eigenvalue weighted by molar-refractivity contribution is 0.141. The number of para-hydroxylation sites is 1. The van der Waals surface area contributed by atoms with Crippen molar-refractivity contribution in [1.82, 2.24) is 19.2 Å². The summed E-state index contributed by atoms with van der Waals surface area (Å²) >= 11 is 0. The van der Waals surface area contributed by atoms with Crippen molar-refractivity contribution in [2.75, 3.05) is 38.6 Å². The number of methoxy groups -OCH3 is 1. The first-order valence-electron chi connectivity index (χ1n) is 12.4. The minimum absolute atomic E-state index is 0.0623. The second-order valence-corrected chi connectivity index (χ2v) is 11.0. The highest BCUT2D eigenvalue weighted by Gasteiger charge is 2.31. The lowest BCUT2D eigenvalue weighted by Crippen LogP contribution is -2.49. The Balaban J connectivity index is 1.31. The fourth-order valence-electron chi connectivity index (χ4n) is 4.59. The van der Waals surface area contributed by atoms with Crippen molar-refractivity contribution in [2.24, 2.45) is 0 Å². The van der Waals surface area contributed by atoms with Crippen molar-refractivity contribution < 1.29 is 13.2 Å². The van der Waals surface area contributed by atoms with E-state index in [-0.39, 0.29) is 10.9 Å². The summed E-state index contributed by atoms with van der Waals surface area (Å²) in [6, 6.07) is 24.7. The van der Waals surface area contributed by atoms with Crippen molar-refractivity contribution in [1.29, 1.82) is 0 Å². The number of hydrogen-bond acceptors (Lipinski definition) is 7. The van der Waals surface area contributed by atoms with E-state index in [0.29, 0.717) is 38.5 Å². The Hall–Kier alpha value is -3.53. The maximum absolute atomic E-state index is 13.1. The Morgan fingerprint density at radius 2 is 1.57 bits per heavy atom. The molecule has 0 saturated carbocycles. The van der Waals surface area contributed by atoms with Gasteiger partial charge in [0.05, 0.1) is 23.6 Å². The second-order valence-electron chi connectivity index (χ2n) is 9.08. The summed E-state index contributed by atoms with van der Waals surface area (Å²) in [5, 5.41) is 4.47. The molecule has 0 radical (unpaired) electrons. The van der Waals surface area contributed by atoms with E-state index in [1.165, 1.54) is 5.56 Å². The first-order valence-corrected chi connectivity index (χ1v) is 13.8. The predicted molar refractivity (Wildman–Crippen MR) is 145 cm³/mol. The van der Waals surface area contributed by atoms with Crippen LogP contribution in [-0.4, -0.2) is 60.9 Å². The monoisotopic (exact) mass is 517 g/mol. The summed E-state index contributed by atoms with van der Waals surface area (Å²) in [6.07, 6.45) is 0. The van der Waals surface area contributed by atoms with Gasteiger partial charge in [-0.3, -0.25) is 4.90 Å². The highest BCUT2D eigenvalue weighted by molar-refractivity contribution is 7.89. The van der Waals surface area contributed by atoms with E-state index < -0.39 is 10.0 Å². The van der Waals surface area contributed by atoms with Crippen LogP contribution in [0.2, 0.25) is 0 Å². The van der Waals surface area contributed by atoms with Crippen molar-refractivity contribution >= 4 is 26.7 Å². The van der Waals surface area contributed by atoms with E-state index in [1.54, 1.807) is 35.7 Å². The van der Waals surface area contributed by atoms with Crippen molar-refractivity contribution in [3.05, 3.63) is 90.3 Å². The number of hydrogen-bond donors (Lipinski definition) is 1. The Bertz CT molecular complexity index is 1450. The standard InChI is InChI=1S/C28H31N5O3S/c1-21(32-16-18-33(19-17-32)37(34,35)24-14-12-23(36-2)13-15-24)27-30-26-11-7-6-10-25(26)28(31-27)29-20-22-8-4-3-5-9-22/h3-15,21H,16-20H2,1-2H3,(H,29,30,31). The van der Waals surface area contributed by atoms with E-state index in [9.17, 15) is 8.42 Å². The van der Waals surface area contributed by atoms with Crippen LogP contribution in [0, 0.1) is 0 Å². The molecule has 9 heteroatoms. The molecule has 4 aromatic rings. The van der Waals surface area contributed by atoms with Gasteiger partial charge in [-0.15, -0.1) is 0 Å². The number of nitrogens with one attached hydrogen (secondary N) is 1. The number of aromatic nitrogens is 2. The molecule has 0 amide bonds. The number of ether oxygens (including phenoxy) is 1. The van der Waals surface area contributed by atoms with Gasteiger partial charge in [-0.05, 0) is 48.9 Å². The molecule has 1 fully saturated rings. The zero-order valence-electron chi connectivity index (χ0n) is 21.0. The molecule has 0 aliphatic carbocycles. The SMILES string of the molecule is COc1ccc(S(=O)(=O)N2CCN(C(C)c3nc(NCc4ccccc4)c4ccccc4n3)CC2)cc1. The normalized spacial score (nSPS) is 15.9. The highest BCUT2D eigenvalue weighted by atomic mass is 32.2. The summed E-state index contributed by atoms with van der Waals surface area (Å²) in [5.41, 5.74) is 2.06. The molecule has 1 atom stereocenters. The largest absolute Gasteiger partial charge is 0.497 e. The van der Waals surface area contributed by atoms with E-state index in [0.717, 1.165) is 22.5 Å². The van der Waals surface area contributed by atoms with Gasteiger partial charge in [0.25, 0.3) is 0 Å². The molecule has 1 N–H and O–H groups in total. The average molecular weight is 518 g/mol. The fraction of sp³-hybridized carbons (Fsp3) is 0.286. The van der Waals surface area contributed by atoms with Crippen LogP contribution in [0.4, 0.5) is 5.82 Å². The zero-order chi connectivity index (χ0) is 25.8. The lowest BCUT2D eigenvalue weighted by atomic mass is 10.2. The third kappa shape index (κ3) is 5.44. The van der Waals surface area contributed by atoms with Crippen LogP contribution >= 0.6 is 0 Å². The molecule has 0 spiro atoms. The molecule has 2 heterocycles. The van der Waals surface area contributed by atoms with Gasteiger partial charge >= 0.3 is 0 Å². The summed E-state index contributed by atoms with van der Waals surface area (Å²) in [6.45, 7) is 4.76. The van der Waals surface area contributed by atoms with Gasteiger partial charge < -0.3 is 10.1 Å². The molecule has 3 aromatic carbocycles. The Labute approximate surface area is 218 Å². The summed E-state index contributed by atoms with van der Waals surface area (Å²) < 4.78 is 33.0. The third-order valence-corrected chi connectivity index (χ3v) is 8.73. The maximum atomic E-state index is 13.1. The number of benzene rings is 3. The number of nitrogens with zero attached hydrogens (tertiary/aromatic N) is 4. The summed E-state index contributed by atoms with van der Waals surface area (Å²) in [4.78, 5) is 12.3. The molecular weight excluding hydrogens is 486 g/mol. The van der Waals surface area contributed by atoms with Crippen LogP contribution in [0.25, 0.3) is 10.9 Å². The van der Waals surface area contributed by atoms with Gasteiger partial charge in [-0.1, -0.05) is 42.5 Å². The smallest absolute Gasteiger partial charge is 0.243 e.